The van der Waals surface area contributed by atoms with E-state index in [0.29, 0.717) is 5.69 Å². The number of carboxylic acids is 1. The first-order chi connectivity index (χ1) is 10.5. The largest absolute Gasteiger partial charge is 0.481 e. The van der Waals surface area contributed by atoms with Gasteiger partial charge in [-0.2, -0.15) is 0 Å². The number of fused-ring (bicyclic) bond motifs is 1. The van der Waals surface area contributed by atoms with Crippen molar-refractivity contribution in [1.29, 1.82) is 0 Å². The van der Waals surface area contributed by atoms with Gasteiger partial charge in [-0.25, -0.2) is 0 Å². The number of aliphatic carboxylic acids is 1. The monoisotopic (exact) mass is 308 g/mol. The number of carbonyl (C=O) groups is 3. The Morgan fingerprint density at radius 1 is 1.45 bits per heavy atom. The van der Waals surface area contributed by atoms with Crippen molar-refractivity contribution in [3.8, 4) is 5.75 Å². The fourth-order valence-electron chi connectivity index (χ4n) is 2.07. The van der Waals surface area contributed by atoms with Crippen LogP contribution in [-0.2, 0) is 14.3 Å². The molecule has 8 heteroatoms. The molecule has 8 nitrogen and oxygen atoms in total. The molecule has 2 amide bonds. The summed E-state index contributed by atoms with van der Waals surface area (Å²) in [6.07, 6.45) is 0. The number of ether oxygens (including phenoxy) is 2. The summed E-state index contributed by atoms with van der Waals surface area (Å²) in [4.78, 5) is 35.9. The average molecular weight is 308 g/mol. The molecule has 118 valence electrons. The van der Waals surface area contributed by atoms with E-state index in [1.165, 1.54) is 13.2 Å². The standard InChI is InChI=1S/C14H16N2O6/c1-21-6-5-16(7-12(18)19)14(20)9-3-2-4-10-13(9)22-8-11(17)15-10/h2-4H,5-8H2,1H3,(H,15,17)(H,18,19). The molecule has 0 bridgehead atoms. The maximum absolute atomic E-state index is 12.6. The van der Waals surface area contributed by atoms with E-state index >= 15 is 0 Å². The maximum atomic E-state index is 12.6. The lowest BCUT2D eigenvalue weighted by molar-refractivity contribution is -0.137. The summed E-state index contributed by atoms with van der Waals surface area (Å²) in [7, 11) is 1.46. The van der Waals surface area contributed by atoms with Crippen LogP contribution in [-0.4, -0.2) is 61.2 Å². The summed E-state index contributed by atoms with van der Waals surface area (Å²) in [5.41, 5.74) is 0.596. The molecule has 0 saturated carbocycles. The third-order valence-corrected chi connectivity index (χ3v) is 3.05. The van der Waals surface area contributed by atoms with Crippen LogP contribution in [0.3, 0.4) is 0 Å². The highest BCUT2D eigenvalue weighted by molar-refractivity contribution is 6.03. The third kappa shape index (κ3) is 3.53. The second kappa shape index (κ2) is 6.90. The van der Waals surface area contributed by atoms with E-state index in [-0.39, 0.29) is 37.0 Å². The zero-order valence-electron chi connectivity index (χ0n) is 12.0. The Kier molecular flexibility index (Phi) is 4.95. The number of anilines is 1. The normalized spacial score (nSPS) is 12.9. The van der Waals surface area contributed by atoms with Gasteiger partial charge in [0.25, 0.3) is 11.8 Å². The molecule has 0 aromatic heterocycles. The Bertz CT molecular complexity index is 601. The molecular weight excluding hydrogens is 292 g/mol. The first-order valence-corrected chi connectivity index (χ1v) is 6.58. The summed E-state index contributed by atoms with van der Waals surface area (Å²) in [6.45, 7) is -0.282. The maximum Gasteiger partial charge on any atom is 0.323 e. The van der Waals surface area contributed by atoms with Gasteiger partial charge in [0.1, 0.15) is 6.54 Å². The molecule has 1 aromatic rings. The second-order valence-corrected chi connectivity index (χ2v) is 4.63. The zero-order chi connectivity index (χ0) is 16.1. The van der Waals surface area contributed by atoms with Crippen LogP contribution < -0.4 is 10.1 Å². The first-order valence-electron chi connectivity index (χ1n) is 6.58. The molecule has 0 fully saturated rings. The SMILES string of the molecule is COCCN(CC(=O)O)C(=O)c1cccc2c1OCC(=O)N2. The quantitative estimate of drug-likeness (QED) is 0.777. The molecule has 0 spiro atoms. The van der Waals surface area contributed by atoms with E-state index < -0.39 is 18.4 Å². The highest BCUT2D eigenvalue weighted by atomic mass is 16.5. The van der Waals surface area contributed by atoms with E-state index in [0.717, 1.165) is 4.90 Å². The van der Waals surface area contributed by atoms with Crippen LogP contribution in [0.15, 0.2) is 18.2 Å². The van der Waals surface area contributed by atoms with Gasteiger partial charge in [0.15, 0.2) is 12.4 Å². The van der Waals surface area contributed by atoms with E-state index in [2.05, 4.69) is 5.32 Å². The molecule has 0 saturated heterocycles. The molecular formula is C14H16N2O6. The van der Waals surface area contributed by atoms with Crippen molar-refractivity contribution in [2.75, 3.05) is 38.7 Å². The number of hydrogen-bond acceptors (Lipinski definition) is 5. The third-order valence-electron chi connectivity index (χ3n) is 3.05. The lowest BCUT2D eigenvalue weighted by Crippen LogP contribution is -2.38. The molecule has 2 N–H and O–H groups in total. The number of hydrogen-bond donors (Lipinski definition) is 2. The topological polar surface area (TPSA) is 105 Å². The molecule has 0 aliphatic carbocycles. The van der Waals surface area contributed by atoms with Gasteiger partial charge in [-0.05, 0) is 12.1 Å². The number of carboxylic acid groups (broad SMARTS) is 1. The Morgan fingerprint density at radius 3 is 2.91 bits per heavy atom. The molecule has 1 aliphatic heterocycles. The summed E-state index contributed by atoms with van der Waals surface area (Å²) < 4.78 is 10.2. The number of benzene rings is 1. The van der Waals surface area contributed by atoms with E-state index in [4.69, 9.17) is 14.6 Å². The van der Waals surface area contributed by atoms with Crippen molar-refractivity contribution in [2.45, 2.75) is 0 Å². The predicted molar refractivity (Wildman–Crippen MR) is 76.0 cm³/mol. The van der Waals surface area contributed by atoms with Gasteiger partial charge in [0, 0.05) is 13.7 Å². The summed E-state index contributed by atoms with van der Waals surface area (Å²) >= 11 is 0. The Morgan fingerprint density at radius 2 is 2.23 bits per heavy atom. The van der Waals surface area contributed by atoms with Crippen molar-refractivity contribution in [3.05, 3.63) is 23.8 Å². The van der Waals surface area contributed by atoms with Crippen LogP contribution in [0, 0.1) is 0 Å². The first kappa shape index (κ1) is 15.8. The van der Waals surface area contributed by atoms with Crippen molar-refractivity contribution < 1.29 is 29.0 Å². The average Bonchev–Trinajstić information content (AvgIpc) is 2.49. The van der Waals surface area contributed by atoms with Crippen molar-refractivity contribution >= 4 is 23.5 Å². The molecule has 0 unspecified atom stereocenters. The predicted octanol–water partition coefficient (Wildman–Crippen LogP) is 0.191. The van der Waals surface area contributed by atoms with Gasteiger partial charge in [-0.1, -0.05) is 6.07 Å². The minimum absolute atomic E-state index is 0.137. The van der Waals surface area contributed by atoms with E-state index in [1.54, 1.807) is 12.1 Å². The minimum Gasteiger partial charge on any atom is -0.481 e. The number of carbonyl (C=O) groups excluding carboxylic acids is 2. The lowest BCUT2D eigenvalue weighted by Gasteiger charge is -2.24. The lowest BCUT2D eigenvalue weighted by atomic mass is 10.1. The number of rotatable bonds is 6. The van der Waals surface area contributed by atoms with Gasteiger partial charge < -0.3 is 24.8 Å². The van der Waals surface area contributed by atoms with Crippen molar-refractivity contribution in [1.82, 2.24) is 4.90 Å². The number of nitrogens with one attached hydrogen (secondary N) is 1. The number of para-hydroxylation sites is 1. The van der Waals surface area contributed by atoms with E-state index in [9.17, 15) is 14.4 Å². The number of amides is 2. The van der Waals surface area contributed by atoms with Crippen LogP contribution in [0.4, 0.5) is 5.69 Å². The molecule has 1 aliphatic rings. The van der Waals surface area contributed by atoms with Crippen LogP contribution in [0.2, 0.25) is 0 Å². The van der Waals surface area contributed by atoms with Gasteiger partial charge in [0.2, 0.25) is 0 Å². The number of methoxy groups -OCH3 is 1. The minimum atomic E-state index is -1.12. The van der Waals surface area contributed by atoms with Gasteiger partial charge in [0.05, 0.1) is 17.9 Å². The van der Waals surface area contributed by atoms with Crippen molar-refractivity contribution in [3.63, 3.8) is 0 Å². The summed E-state index contributed by atoms with van der Waals surface area (Å²) in [5.74, 6) is -1.67. The second-order valence-electron chi connectivity index (χ2n) is 4.63. The Labute approximate surface area is 126 Å². The van der Waals surface area contributed by atoms with Crippen LogP contribution in [0.5, 0.6) is 5.75 Å². The van der Waals surface area contributed by atoms with Crippen molar-refractivity contribution in [2.24, 2.45) is 0 Å². The molecule has 22 heavy (non-hydrogen) atoms. The Hall–Kier alpha value is -2.61. The van der Waals surface area contributed by atoms with Crippen LogP contribution >= 0.6 is 0 Å². The highest BCUT2D eigenvalue weighted by Gasteiger charge is 2.26. The molecule has 1 aromatic carbocycles. The zero-order valence-corrected chi connectivity index (χ0v) is 12.0. The summed E-state index contributed by atoms with van der Waals surface area (Å²) in [6, 6.07) is 4.73. The fourth-order valence-corrected chi connectivity index (χ4v) is 2.07. The van der Waals surface area contributed by atoms with E-state index in [1.807, 2.05) is 0 Å². The van der Waals surface area contributed by atoms with Gasteiger partial charge in [-0.3, -0.25) is 14.4 Å². The molecule has 0 radical (unpaired) electrons. The molecule has 1 heterocycles. The molecule has 2 rings (SSSR count). The highest BCUT2D eigenvalue weighted by Crippen LogP contribution is 2.32. The number of nitrogens with zero attached hydrogens (tertiary/aromatic N) is 1. The van der Waals surface area contributed by atoms with Gasteiger partial charge in [-0.15, -0.1) is 0 Å². The fraction of sp³-hybridized carbons (Fsp3) is 0.357. The van der Waals surface area contributed by atoms with Gasteiger partial charge >= 0.3 is 5.97 Å². The summed E-state index contributed by atoms with van der Waals surface area (Å²) in [5, 5.41) is 11.5. The molecule has 0 atom stereocenters. The van der Waals surface area contributed by atoms with Crippen LogP contribution in [0.25, 0.3) is 0 Å². The smallest absolute Gasteiger partial charge is 0.323 e. The Balaban J connectivity index is 2.28. The van der Waals surface area contributed by atoms with Crippen LogP contribution in [0.1, 0.15) is 10.4 Å².